The van der Waals surface area contributed by atoms with Crippen molar-refractivity contribution in [3.8, 4) is 0 Å². The van der Waals surface area contributed by atoms with Gasteiger partial charge in [-0.25, -0.2) is 0 Å². The molecule has 2 heterocycles. The highest BCUT2D eigenvalue weighted by atomic mass is 79.9. The zero-order chi connectivity index (χ0) is 16.1. The molecule has 1 amide bonds. The van der Waals surface area contributed by atoms with E-state index in [9.17, 15) is 4.79 Å². The first-order chi connectivity index (χ1) is 11.2. The van der Waals surface area contributed by atoms with Crippen LogP contribution in [0.15, 0.2) is 65.7 Å². The summed E-state index contributed by atoms with van der Waals surface area (Å²) >= 11 is 3.32. The van der Waals surface area contributed by atoms with Crippen LogP contribution in [-0.2, 0) is 13.1 Å². The van der Waals surface area contributed by atoms with Gasteiger partial charge in [0.25, 0.3) is 5.91 Å². The predicted octanol–water partition coefficient (Wildman–Crippen LogP) is 3.02. The molecule has 1 aromatic carbocycles. The SMILES string of the molecule is O=C(NCc1ccccc1Cn1cccn1)c1cncc(Br)c1. The number of carbonyl (C=O) groups is 1. The summed E-state index contributed by atoms with van der Waals surface area (Å²) in [7, 11) is 0. The van der Waals surface area contributed by atoms with Crippen LogP contribution in [0.4, 0.5) is 0 Å². The molecule has 0 aliphatic rings. The molecule has 116 valence electrons. The number of aromatic nitrogens is 3. The number of carbonyl (C=O) groups excluding carboxylic acids is 1. The molecule has 3 aromatic rings. The van der Waals surface area contributed by atoms with Gasteiger partial charge in [-0.15, -0.1) is 0 Å². The summed E-state index contributed by atoms with van der Waals surface area (Å²) in [5.74, 6) is -0.146. The second kappa shape index (κ2) is 7.19. The van der Waals surface area contributed by atoms with Crippen LogP contribution in [0, 0.1) is 0 Å². The summed E-state index contributed by atoms with van der Waals surface area (Å²) in [4.78, 5) is 16.2. The maximum atomic E-state index is 12.2. The first-order valence-corrected chi connectivity index (χ1v) is 7.94. The lowest BCUT2D eigenvalue weighted by molar-refractivity contribution is 0.0950. The second-order valence-corrected chi connectivity index (χ2v) is 5.96. The van der Waals surface area contributed by atoms with Gasteiger partial charge in [0.1, 0.15) is 0 Å². The molecule has 1 N–H and O–H groups in total. The average Bonchev–Trinajstić information content (AvgIpc) is 3.07. The topological polar surface area (TPSA) is 59.8 Å². The van der Waals surface area contributed by atoms with Crippen LogP contribution >= 0.6 is 15.9 Å². The maximum Gasteiger partial charge on any atom is 0.253 e. The van der Waals surface area contributed by atoms with Crippen LogP contribution in [-0.4, -0.2) is 20.7 Å². The van der Waals surface area contributed by atoms with Crippen molar-refractivity contribution in [2.24, 2.45) is 0 Å². The summed E-state index contributed by atoms with van der Waals surface area (Å²) in [5, 5.41) is 7.15. The van der Waals surface area contributed by atoms with Gasteiger partial charge < -0.3 is 5.32 Å². The monoisotopic (exact) mass is 370 g/mol. The van der Waals surface area contributed by atoms with E-state index < -0.39 is 0 Å². The van der Waals surface area contributed by atoms with Crippen molar-refractivity contribution in [2.45, 2.75) is 13.1 Å². The number of pyridine rings is 1. The molecule has 0 radical (unpaired) electrons. The molecule has 0 aliphatic heterocycles. The molecular weight excluding hydrogens is 356 g/mol. The fourth-order valence-electron chi connectivity index (χ4n) is 2.27. The molecule has 0 fully saturated rings. The van der Waals surface area contributed by atoms with Crippen LogP contribution in [0.25, 0.3) is 0 Å². The number of benzene rings is 1. The van der Waals surface area contributed by atoms with E-state index in [0.29, 0.717) is 18.7 Å². The van der Waals surface area contributed by atoms with Crippen LogP contribution in [0.3, 0.4) is 0 Å². The lowest BCUT2D eigenvalue weighted by atomic mass is 10.1. The van der Waals surface area contributed by atoms with E-state index >= 15 is 0 Å². The summed E-state index contributed by atoms with van der Waals surface area (Å²) < 4.78 is 2.64. The molecule has 3 rings (SSSR count). The normalized spacial score (nSPS) is 10.5. The minimum atomic E-state index is -0.146. The van der Waals surface area contributed by atoms with Crippen molar-refractivity contribution in [1.82, 2.24) is 20.1 Å². The molecule has 2 aromatic heterocycles. The summed E-state index contributed by atoms with van der Waals surface area (Å²) in [6.07, 6.45) is 6.87. The third kappa shape index (κ3) is 4.04. The minimum Gasteiger partial charge on any atom is -0.348 e. The predicted molar refractivity (Wildman–Crippen MR) is 90.9 cm³/mol. The van der Waals surface area contributed by atoms with Crippen LogP contribution in [0.5, 0.6) is 0 Å². The third-order valence-electron chi connectivity index (χ3n) is 3.42. The molecule has 0 spiro atoms. The van der Waals surface area contributed by atoms with Crippen molar-refractivity contribution in [2.75, 3.05) is 0 Å². The highest BCUT2D eigenvalue weighted by Crippen LogP contribution is 2.12. The number of hydrogen-bond donors (Lipinski definition) is 1. The fraction of sp³-hybridized carbons (Fsp3) is 0.118. The second-order valence-electron chi connectivity index (χ2n) is 5.05. The van der Waals surface area contributed by atoms with Crippen molar-refractivity contribution in [3.05, 3.63) is 82.3 Å². The Morgan fingerprint density at radius 3 is 2.74 bits per heavy atom. The van der Waals surface area contributed by atoms with Crippen molar-refractivity contribution in [1.29, 1.82) is 0 Å². The lowest BCUT2D eigenvalue weighted by Gasteiger charge is -2.11. The quantitative estimate of drug-likeness (QED) is 0.750. The van der Waals surface area contributed by atoms with Crippen molar-refractivity contribution < 1.29 is 4.79 Å². The Hall–Kier alpha value is -2.47. The molecule has 0 aliphatic carbocycles. The van der Waals surface area contributed by atoms with E-state index in [1.54, 1.807) is 24.7 Å². The lowest BCUT2D eigenvalue weighted by Crippen LogP contribution is -2.23. The zero-order valence-electron chi connectivity index (χ0n) is 12.3. The number of hydrogen-bond acceptors (Lipinski definition) is 3. The highest BCUT2D eigenvalue weighted by Gasteiger charge is 2.08. The number of nitrogens with zero attached hydrogens (tertiary/aromatic N) is 3. The first kappa shape index (κ1) is 15.4. The van der Waals surface area contributed by atoms with E-state index in [1.807, 2.05) is 41.2 Å². The highest BCUT2D eigenvalue weighted by molar-refractivity contribution is 9.10. The van der Waals surface area contributed by atoms with Gasteiger partial charge >= 0.3 is 0 Å². The van der Waals surface area contributed by atoms with Crippen LogP contribution in [0.1, 0.15) is 21.5 Å². The van der Waals surface area contributed by atoms with Gasteiger partial charge in [-0.1, -0.05) is 24.3 Å². The fourth-order valence-corrected chi connectivity index (χ4v) is 2.63. The third-order valence-corrected chi connectivity index (χ3v) is 3.85. The summed E-state index contributed by atoms with van der Waals surface area (Å²) in [5.41, 5.74) is 2.73. The van der Waals surface area contributed by atoms with Gasteiger partial charge in [-0.2, -0.15) is 5.10 Å². The smallest absolute Gasteiger partial charge is 0.253 e. The molecule has 0 saturated carbocycles. The zero-order valence-corrected chi connectivity index (χ0v) is 13.9. The van der Waals surface area contributed by atoms with Gasteiger partial charge in [-0.05, 0) is 39.2 Å². The Bertz CT molecular complexity index is 802. The van der Waals surface area contributed by atoms with Gasteiger partial charge in [0.2, 0.25) is 0 Å². The molecule has 6 heteroatoms. The largest absolute Gasteiger partial charge is 0.348 e. The van der Waals surface area contributed by atoms with E-state index in [4.69, 9.17) is 0 Å². The van der Waals surface area contributed by atoms with E-state index in [0.717, 1.165) is 15.6 Å². The van der Waals surface area contributed by atoms with Crippen LogP contribution in [0.2, 0.25) is 0 Å². The molecular formula is C17H15BrN4O. The summed E-state index contributed by atoms with van der Waals surface area (Å²) in [6.45, 7) is 1.14. The molecule has 5 nitrogen and oxygen atoms in total. The van der Waals surface area contributed by atoms with Gasteiger partial charge in [0.15, 0.2) is 0 Å². The molecule has 0 atom stereocenters. The standard InChI is InChI=1S/C17H15BrN4O/c18-16-8-15(9-19-11-16)17(23)20-10-13-4-1-2-5-14(13)12-22-7-3-6-21-22/h1-9,11H,10,12H2,(H,20,23). The molecule has 0 bridgehead atoms. The number of halogens is 1. The van der Waals surface area contributed by atoms with E-state index in [2.05, 4.69) is 31.3 Å². The van der Waals surface area contributed by atoms with Crippen molar-refractivity contribution >= 4 is 21.8 Å². The van der Waals surface area contributed by atoms with Crippen LogP contribution < -0.4 is 5.32 Å². The maximum absolute atomic E-state index is 12.2. The number of rotatable bonds is 5. The van der Waals surface area contributed by atoms with Gasteiger partial charge in [-0.3, -0.25) is 14.5 Å². The van der Waals surface area contributed by atoms with E-state index in [1.165, 1.54) is 0 Å². The Balaban J connectivity index is 1.69. The molecule has 0 unspecified atom stereocenters. The van der Waals surface area contributed by atoms with E-state index in [-0.39, 0.29) is 5.91 Å². The van der Waals surface area contributed by atoms with Crippen molar-refractivity contribution in [3.63, 3.8) is 0 Å². The average molecular weight is 371 g/mol. The minimum absolute atomic E-state index is 0.146. The first-order valence-electron chi connectivity index (χ1n) is 7.15. The Morgan fingerprint density at radius 1 is 1.17 bits per heavy atom. The Kier molecular flexibility index (Phi) is 4.83. The number of amides is 1. The molecule has 23 heavy (non-hydrogen) atoms. The summed E-state index contributed by atoms with van der Waals surface area (Å²) in [6, 6.07) is 11.7. The van der Waals surface area contributed by atoms with Gasteiger partial charge in [0, 0.05) is 35.8 Å². The van der Waals surface area contributed by atoms with Gasteiger partial charge in [0.05, 0.1) is 12.1 Å². The Labute approximate surface area is 142 Å². The molecule has 0 saturated heterocycles. The number of nitrogens with one attached hydrogen (secondary N) is 1. The Morgan fingerprint density at radius 2 is 2.00 bits per heavy atom.